The number of amides is 2. The van der Waals surface area contributed by atoms with E-state index >= 15 is 0 Å². The van der Waals surface area contributed by atoms with E-state index in [1.54, 1.807) is 43.3 Å². The quantitative estimate of drug-likeness (QED) is 0.298. The van der Waals surface area contributed by atoms with Crippen LogP contribution >= 0.6 is 23.4 Å². The number of halogens is 1. The minimum Gasteiger partial charge on any atom is -0.481 e. The lowest BCUT2D eigenvalue weighted by atomic mass is 9.70. The number of hydrogen-bond acceptors (Lipinski definition) is 8. The van der Waals surface area contributed by atoms with E-state index in [2.05, 4.69) is 32.2 Å². The summed E-state index contributed by atoms with van der Waals surface area (Å²) in [6.45, 7) is 2.93. The second kappa shape index (κ2) is 15.5. The minimum absolute atomic E-state index is 0.0198. The molecule has 1 aliphatic carbocycles. The van der Waals surface area contributed by atoms with Gasteiger partial charge in [-0.15, -0.1) is 16.1 Å². The second-order valence-electron chi connectivity index (χ2n) is 13.3. The number of methoxy groups -OCH3 is 1. The Labute approximate surface area is 303 Å². The first-order valence-corrected chi connectivity index (χ1v) is 20.4. The highest BCUT2D eigenvalue weighted by molar-refractivity contribution is 7.99. The molecule has 1 saturated carbocycles. The van der Waals surface area contributed by atoms with Crippen molar-refractivity contribution < 1.29 is 28.0 Å². The van der Waals surface area contributed by atoms with Gasteiger partial charge in [-0.1, -0.05) is 29.8 Å². The second-order valence-corrected chi connectivity index (χ2v) is 16.9. The summed E-state index contributed by atoms with van der Waals surface area (Å²) in [6.07, 6.45) is 9.89. The zero-order chi connectivity index (χ0) is 34.7. The molecule has 0 saturated heterocycles. The summed E-state index contributed by atoms with van der Waals surface area (Å²) in [5.41, 5.74) is 4.64. The van der Waals surface area contributed by atoms with Gasteiger partial charge in [0.1, 0.15) is 21.6 Å². The van der Waals surface area contributed by atoms with Crippen molar-refractivity contribution in [3.63, 3.8) is 0 Å². The van der Waals surface area contributed by atoms with Crippen LogP contribution in [0, 0.1) is 11.8 Å². The van der Waals surface area contributed by atoms with Gasteiger partial charge in [-0.25, -0.2) is 4.21 Å². The first-order chi connectivity index (χ1) is 24.3. The average Bonchev–Trinajstić information content (AvgIpc) is 3.53. The zero-order valence-corrected chi connectivity index (χ0v) is 30.6. The van der Waals surface area contributed by atoms with Gasteiger partial charge in [-0.05, 0) is 91.5 Å². The smallest absolute Gasteiger partial charge is 0.286 e. The van der Waals surface area contributed by atoms with Crippen molar-refractivity contribution in [2.75, 3.05) is 42.6 Å². The number of nitrogens with zero attached hydrogens (tertiary/aromatic N) is 3. The molecule has 3 aromatic rings. The highest BCUT2D eigenvalue weighted by atomic mass is 35.5. The fourth-order valence-corrected chi connectivity index (χ4v) is 9.68. The number of aromatic nitrogens is 1. The van der Waals surface area contributed by atoms with Crippen LogP contribution in [0.15, 0.2) is 65.2 Å². The van der Waals surface area contributed by atoms with Gasteiger partial charge in [0.05, 0.1) is 36.3 Å². The van der Waals surface area contributed by atoms with E-state index in [0.717, 1.165) is 42.9 Å². The van der Waals surface area contributed by atoms with Gasteiger partial charge in [0, 0.05) is 55.0 Å². The lowest BCUT2D eigenvalue weighted by molar-refractivity contribution is 0.0134. The molecule has 0 spiro atoms. The largest absolute Gasteiger partial charge is 0.481 e. The van der Waals surface area contributed by atoms with Crippen LogP contribution in [-0.4, -0.2) is 64.4 Å². The Morgan fingerprint density at radius 2 is 2.06 bits per heavy atom. The van der Waals surface area contributed by atoms with Gasteiger partial charge in [-0.3, -0.25) is 14.3 Å². The van der Waals surface area contributed by atoms with E-state index in [4.69, 9.17) is 25.8 Å². The van der Waals surface area contributed by atoms with Crippen molar-refractivity contribution in [2.24, 2.45) is 16.2 Å². The van der Waals surface area contributed by atoms with Gasteiger partial charge in [0.2, 0.25) is 0 Å². The standard InChI is InChI=1S/C37H43ClN4O6S2/c1-46-34-5-3-2-4-16-50(45,40-37(44)29-18-31-23-47-14-13-41(31)22-29)39-36(43)26-8-11-35-33(19-26)42(21-28-7-10-32(28)34)20-27-6-9-30(38)17-25(27)12-15-49-24-48-35/h3,5-6,8-9,11,17-19,22,28,32,34H,2,4,7,10,12-16,20-21,23-24H2,1H3,(H,39,40,43,44,45)/b5-3+/t28-,32+,34-,50-/m0/s1. The Morgan fingerprint density at radius 1 is 1.16 bits per heavy atom. The van der Waals surface area contributed by atoms with Gasteiger partial charge in [-0.2, -0.15) is 0 Å². The van der Waals surface area contributed by atoms with Crippen molar-refractivity contribution in [1.29, 1.82) is 0 Å². The summed E-state index contributed by atoms with van der Waals surface area (Å²) < 4.78 is 41.1. The first-order valence-electron chi connectivity index (χ1n) is 17.2. The van der Waals surface area contributed by atoms with E-state index < -0.39 is 21.7 Å². The van der Waals surface area contributed by atoms with Crippen LogP contribution in [0.3, 0.4) is 0 Å². The first kappa shape index (κ1) is 35.1. The Kier molecular flexibility index (Phi) is 10.9. The number of fused-ring (bicyclic) bond motifs is 4. The van der Waals surface area contributed by atoms with E-state index in [9.17, 15) is 13.8 Å². The SMILES string of the molecule is CO[C@H]1/C=C/CCC[S@@](=O)(NC(=O)c2cc3n(c2)CCOC3)=NC(=O)c2ccc3c(c2)N(Cc2ccc(Cl)cc2CCSCO3)C[C@@H]2CC[C@H]21. The van der Waals surface area contributed by atoms with E-state index in [1.807, 2.05) is 22.8 Å². The Morgan fingerprint density at radius 3 is 2.88 bits per heavy atom. The third-order valence-electron chi connectivity index (χ3n) is 10.1. The molecule has 1 N–H and O–H groups in total. The number of nitrogens with one attached hydrogen (secondary N) is 1. The number of anilines is 1. The molecule has 1 aromatic heterocycles. The van der Waals surface area contributed by atoms with Crippen molar-refractivity contribution in [3.05, 3.63) is 93.8 Å². The van der Waals surface area contributed by atoms with Gasteiger partial charge in [0.25, 0.3) is 11.8 Å². The monoisotopic (exact) mass is 738 g/mol. The van der Waals surface area contributed by atoms with Gasteiger partial charge < -0.3 is 23.7 Å². The van der Waals surface area contributed by atoms with Gasteiger partial charge >= 0.3 is 0 Å². The molecule has 2 amide bonds. The van der Waals surface area contributed by atoms with Crippen LogP contribution in [0.25, 0.3) is 0 Å². The Bertz CT molecular complexity index is 1880. The van der Waals surface area contributed by atoms with E-state index in [-0.39, 0.29) is 17.4 Å². The number of hydrogen-bond donors (Lipinski definition) is 1. The fraction of sp³-hybridized carbons (Fsp3) is 0.459. The van der Waals surface area contributed by atoms with Crippen LogP contribution in [0.2, 0.25) is 5.02 Å². The van der Waals surface area contributed by atoms with Crippen LogP contribution in [0.5, 0.6) is 5.75 Å². The fourth-order valence-electron chi connectivity index (χ4n) is 7.22. The van der Waals surface area contributed by atoms with Crippen LogP contribution in [0.1, 0.15) is 63.2 Å². The number of allylic oxidation sites excluding steroid dienone is 1. The molecule has 4 aliphatic rings. The molecule has 4 atom stereocenters. The highest BCUT2D eigenvalue weighted by Gasteiger charge is 2.38. The molecule has 266 valence electrons. The van der Waals surface area contributed by atoms with Crippen molar-refractivity contribution >= 4 is 50.8 Å². The number of carbonyl (C=O) groups excluding carboxylic acids is 2. The summed E-state index contributed by atoms with van der Waals surface area (Å²) >= 11 is 8.15. The number of carbonyl (C=O) groups is 2. The molecule has 3 aliphatic heterocycles. The number of rotatable bonds is 3. The maximum absolute atomic E-state index is 14.4. The summed E-state index contributed by atoms with van der Waals surface area (Å²) in [4.78, 5) is 29.7. The van der Waals surface area contributed by atoms with Crippen LogP contribution in [-0.2, 0) is 45.5 Å². The molecule has 2 bridgehead atoms. The van der Waals surface area contributed by atoms with E-state index in [1.165, 1.54) is 11.1 Å². The Balaban J connectivity index is 1.28. The van der Waals surface area contributed by atoms with E-state index in [0.29, 0.717) is 73.3 Å². The van der Waals surface area contributed by atoms with Crippen molar-refractivity contribution in [2.45, 2.75) is 57.9 Å². The van der Waals surface area contributed by atoms with Crippen LogP contribution < -0.4 is 14.4 Å². The summed E-state index contributed by atoms with van der Waals surface area (Å²) in [5, 5.41) is 0.706. The number of aryl methyl sites for hydroxylation is 1. The molecule has 4 heterocycles. The Hall–Kier alpha value is -3.29. The van der Waals surface area contributed by atoms with Crippen LogP contribution in [0.4, 0.5) is 5.69 Å². The minimum atomic E-state index is -3.49. The van der Waals surface area contributed by atoms with Crippen molar-refractivity contribution in [3.8, 4) is 5.75 Å². The normalized spacial score (nSPS) is 26.4. The lowest BCUT2D eigenvalue weighted by Crippen LogP contribution is -2.43. The number of benzene rings is 2. The summed E-state index contributed by atoms with van der Waals surface area (Å²) in [5.74, 6) is 1.53. The molecule has 10 nitrogen and oxygen atoms in total. The number of thioether (sulfide) groups is 1. The summed E-state index contributed by atoms with van der Waals surface area (Å²) in [7, 11) is -1.74. The number of ether oxygens (including phenoxy) is 3. The lowest BCUT2D eigenvalue weighted by Gasteiger charge is -2.43. The topological polar surface area (TPSA) is 111 Å². The predicted octanol–water partition coefficient (Wildman–Crippen LogP) is 6.65. The average molecular weight is 739 g/mol. The predicted molar refractivity (Wildman–Crippen MR) is 197 cm³/mol. The molecule has 0 radical (unpaired) electrons. The van der Waals surface area contributed by atoms with Gasteiger partial charge in [0.15, 0.2) is 0 Å². The molecular weight excluding hydrogens is 696 g/mol. The maximum Gasteiger partial charge on any atom is 0.286 e. The third kappa shape index (κ3) is 7.94. The highest BCUT2D eigenvalue weighted by Crippen LogP contribution is 2.42. The summed E-state index contributed by atoms with van der Waals surface area (Å²) in [6, 6.07) is 13.1. The molecule has 13 heteroatoms. The maximum atomic E-state index is 14.4. The molecule has 0 unspecified atom stereocenters. The molecule has 50 heavy (non-hydrogen) atoms. The molecule has 7 rings (SSSR count). The third-order valence-corrected chi connectivity index (χ3v) is 12.9. The van der Waals surface area contributed by atoms with Crippen molar-refractivity contribution in [1.82, 2.24) is 9.29 Å². The molecular formula is C37H43ClN4O6S2. The molecule has 2 aromatic carbocycles. The zero-order valence-electron chi connectivity index (χ0n) is 28.2. The molecule has 1 fully saturated rings.